The van der Waals surface area contributed by atoms with Gasteiger partial charge in [0, 0.05) is 0 Å². The number of phosphoric acid groups is 2. The molecule has 0 saturated carbocycles. The zero-order valence-electron chi connectivity index (χ0n) is 13.2. The van der Waals surface area contributed by atoms with E-state index in [9.17, 15) is 24.2 Å². The van der Waals surface area contributed by atoms with Crippen LogP contribution in [0.1, 0.15) is 6.23 Å². The number of nitrogens with zero attached hydrogens (tertiary/aromatic N) is 4. The van der Waals surface area contributed by atoms with E-state index in [0.717, 1.165) is 6.33 Å². The number of phosphoric ester groups is 1. The van der Waals surface area contributed by atoms with Crippen molar-refractivity contribution in [3.63, 3.8) is 0 Å². The summed E-state index contributed by atoms with van der Waals surface area (Å²) in [5.74, 6) is 0.0856. The van der Waals surface area contributed by atoms with Gasteiger partial charge in [-0.15, -0.1) is 0 Å². The molecule has 1 unspecified atom stereocenters. The van der Waals surface area contributed by atoms with Gasteiger partial charge in [-0.25, -0.2) is 24.1 Å². The van der Waals surface area contributed by atoms with Crippen molar-refractivity contribution in [2.24, 2.45) is 0 Å². The van der Waals surface area contributed by atoms with E-state index < -0.39 is 46.8 Å². The Morgan fingerprint density at radius 2 is 1.86 bits per heavy atom. The Hall–Kier alpha value is -0.250. The molecule has 1 fully saturated rings. The Labute approximate surface area is 186 Å². The van der Waals surface area contributed by atoms with Crippen molar-refractivity contribution in [1.82, 2.24) is 19.5 Å². The average molecular weight is 469 g/mol. The van der Waals surface area contributed by atoms with Gasteiger partial charge in [0.1, 0.15) is 30.2 Å². The SMILES string of the molecule is Nc1ncnc2c1ncn2[C@@H]1O[C@H](COP(=O)(O)OP(=O)(O)O)[C@@H](O)[C@H]1O.[CaH2]. The van der Waals surface area contributed by atoms with Crippen LogP contribution in [0.15, 0.2) is 12.7 Å². The third-order valence-electron chi connectivity index (χ3n) is 3.61. The molecule has 0 radical (unpaired) electrons. The molecule has 0 spiro atoms. The zero-order valence-corrected chi connectivity index (χ0v) is 15.0. The standard InChI is InChI=1S/C10H15N5O10P2.Ca.2H/c11-8-5-9(13-2-12-8)15(3-14-5)10-7(17)6(16)4(24-10)1-23-27(21,22)25-26(18,19)20;;;/h2-4,6-7,10,16-17H,1H2,(H,21,22)(H2,11,12,13)(H2,18,19,20);;;/t4-,6-,7-,10-;;;/m1.../s1. The number of aromatic nitrogens is 4. The predicted octanol–water partition coefficient (Wildman–Crippen LogP) is -2.66. The molecule has 1 aliphatic heterocycles. The van der Waals surface area contributed by atoms with Crippen LogP contribution in [-0.4, -0.2) is 107 Å². The topological polar surface area (TPSA) is 233 Å². The van der Waals surface area contributed by atoms with Gasteiger partial charge in [-0.05, 0) is 0 Å². The summed E-state index contributed by atoms with van der Waals surface area (Å²) in [6.07, 6.45) is -3.20. The molecular weight excluding hydrogens is 452 g/mol. The first-order chi connectivity index (χ1) is 12.5. The van der Waals surface area contributed by atoms with Gasteiger partial charge in [0.05, 0.1) is 12.9 Å². The number of imidazole rings is 1. The summed E-state index contributed by atoms with van der Waals surface area (Å²) in [6, 6.07) is 0. The van der Waals surface area contributed by atoms with Crippen LogP contribution in [-0.2, 0) is 22.7 Å². The van der Waals surface area contributed by atoms with Crippen molar-refractivity contribution in [3.8, 4) is 0 Å². The molecule has 28 heavy (non-hydrogen) atoms. The fourth-order valence-electron chi connectivity index (χ4n) is 2.48. The van der Waals surface area contributed by atoms with Crippen LogP contribution in [0, 0.1) is 0 Å². The van der Waals surface area contributed by atoms with Gasteiger partial charge in [0.2, 0.25) is 0 Å². The molecule has 15 nitrogen and oxygen atoms in total. The maximum atomic E-state index is 11.5. The second kappa shape index (κ2) is 8.86. The minimum absolute atomic E-state index is 0. The molecule has 1 aliphatic rings. The molecular formula is C10H17CaN5O10P2. The molecule has 0 aliphatic carbocycles. The summed E-state index contributed by atoms with van der Waals surface area (Å²) < 4.78 is 36.8. The number of aliphatic hydroxyl groups excluding tert-OH is 2. The average Bonchev–Trinajstić information content (AvgIpc) is 3.07. The van der Waals surface area contributed by atoms with Gasteiger partial charge in [-0.1, -0.05) is 0 Å². The third kappa shape index (κ3) is 5.26. The van der Waals surface area contributed by atoms with Crippen LogP contribution < -0.4 is 5.73 Å². The van der Waals surface area contributed by atoms with E-state index in [1.807, 2.05) is 0 Å². The van der Waals surface area contributed by atoms with Crippen molar-refractivity contribution >= 4 is 70.4 Å². The molecule has 2 aromatic rings. The molecule has 3 rings (SSSR count). The minimum atomic E-state index is -5.29. The molecule has 0 bridgehead atoms. The van der Waals surface area contributed by atoms with E-state index in [1.54, 1.807) is 0 Å². The number of fused-ring (bicyclic) bond motifs is 1. The molecule has 3 heterocycles. The van der Waals surface area contributed by atoms with Crippen molar-refractivity contribution in [2.75, 3.05) is 12.3 Å². The summed E-state index contributed by atoms with van der Waals surface area (Å²) >= 11 is 0. The first-order valence-corrected chi connectivity index (χ1v) is 10.2. The Kier molecular flexibility index (Phi) is 7.60. The Bertz CT molecular complexity index is 938. The number of nitrogen functional groups attached to an aromatic ring is 1. The molecule has 0 aromatic carbocycles. The monoisotopic (exact) mass is 469 g/mol. The normalized spacial score (nSPS) is 27.5. The Balaban J connectivity index is 0.00000280. The molecule has 2 aromatic heterocycles. The second-order valence-corrected chi connectivity index (χ2v) is 8.30. The third-order valence-corrected chi connectivity index (χ3v) is 5.76. The summed E-state index contributed by atoms with van der Waals surface area (Å²) in [6.45, 7) is -0.813. The number of hydrogen-bond donors (Lipinski definition) is 6. The van der Waals surface area contributed by atoms with Gasteiger partial charge >= 0.3 is 53.4 Å². The van der Waals surface area contributed by atoms with E-state index in [4.69, 9.17) is 20.3 Å². The molecule has 0 amide bonds. The van der Waals surface area contributed by atoms with Crippen molar-refractivity contribution in [2.45, 2.75) is 24.5 Å². The summed E-state index contributed by atoms with van der Waals surface area (Å²) in [4.78, 5) is 38.1. The second-order valence-electron chi connectivity index (χ2n) is 5.47. The number of aliphatic hydroxyl groups is 2. The fourth-order valence-corrected chi connectivity index (χ4v) is 4.08. The Morgan fingerprint density at radius 1 is 1.18 bits per heavy atom. The van der Waals surface area contributed by atoms with Crippen LogP contribution in [0.4, 0.5) is 5.82 Å². The van der Waals surface area contributed by atoms with Gasteiger partial charge in [0.15, 0.2) is 17.7 Å². The van der Waals surface area contributed by atoms with Gasteiger partial charge < -0.3 is 35.4 Å². The number of nitrogens with two attached hydrogens (primary N) is 1. The van der Waals surface area contributed by atoms with Crippen molar-refractivity contribution < 1.29 is 47.6 Å². The molecule has 18 heteroatoms. The van der Waals surface area contributed by atoms with Crippen LogP contribution in [0.5, 0.6) is 0 Å². The van der Waals surface area contributed by atoms with Crippen LogP contribution in [0.3, 0.4) is 0 Å². The number of anilines is 1. The molecule has 154 valence electrons. The van der Waals surface area contributed by atoms with E-state index >= 15 is 0 Å². The Morgan fingerprint density at radius 3 is 2.50 bits per heavy atom. The quantitative estimate of drug-likeness (QED) is 0.187. The summed E-state index contributed by atoms with van der Waals surface area (Å²) in [7, 11) is -10.4. The molecule has 1 saturated heterocycles. The predicted molar refractivity (Wildman–Crippen MR) is 93.1 cm³/mol. The first-order valence-electron chi connectivity index (χ1n) is 7.17. The molecule has 5 atom stereocenters. The maximum absolute atomic E-state index is 11.5. The zero-order chi connectivity index (χ0) is 20.0. The van der Waals surface area contributed by atoms with Crippen LogP contribution >= 0.6 is 15.6 Å². The number of rotatable bonds is 6. The van der Waals surface area contributed by atoms with E-state index in [2.05, 4.69) is 23.8 Å². The van der Waals surface area contributed by atoms with E-state index in [1.165, 1.54) is 10.9 Å². The van der Waals surface area contributed by atoms with Crippen LogP contribution in [0.2, 0.25) is 0 Å². The number of hydrogen-bond acceptors (Lipinski definition) is 11. The first kappa shape index (κ1) is 24.0. The van der Waals surface area contributed by atoms with Crippen LogP contribution in [0.25, 0.3) is 11.2 Å². The summed E-state index contributed by atoms with van der Waals surface area (Å²) in [5, 5.41) is 20.3. The summed E-state index contributed by atoms with van der Waals surface area (Å²) in [5.41, 5.74) is 6.11. The fraction of sp³-hybridized carbons (Fsp3) is 0.500. The van der Waals surface area contributed by atoms with Crippen molar-refractivity contribution in [3.05, 3.63) is 12.7 Å². The van der Waals surface area contributed by atoms with Gasteiger partial charge in [0.25, 0.3) is 0 Å². The van der Waals surface area contributed by atoms with Gasteiger partial charge in [-0.3, -0.25) is 9.09 Å². The van der Waals surface area contributed by atoms with E-state index in [-0.39, 0.29) is 54.7 Å². The number of ether oxygens (including phenoxy) is 1. The molecule has 7 N–H and O–H groups in total. The van der Waals surface area contributed by atoms with Crippen molar-refractivity contribution in [1.29, 1.82) is 0 Å². The van der Waals surface area contributed by atoms with E-state index in [0.29, 0.717) is 0 Å². The van der Waals surface area contributed by atoms with Gasteiger partial charge in [-0.2, -0.15) is 4.31 Å².